The number of benzene rings is 1. The molecular formula is C11H10ClFO2. The number of rotatable bonds is 2. The van der Waals surface area contributed by atoms with Gasteiger partial charge in [-0.3, -0.25) is 4.79 Å². The zero-order valence-corrected chi connectivity index (χ0v) is 8.94. The summed E-state index contributed by atoms with van der Waals surface area (Å²) in [4.78, 5) is 11.1. The van der Waals surface area contributed by atoms with Crippen molar-refractivity contribution >= 4 is 17.6 Å². The highest BCUT2D eigenvalue weighted by Crippen LogP contribution is 2.50. The van der Waals surface area contributed by atoms with Gasteiger partial charge in [0.25, 0.3) is 0 Å². The van der Waals surface area contributed by atoms with Crippen LogP contribution in [0.25, 0.3) is 0 Å². The average Bonchev–Trinajstić information content (AvgIpc) is 2.91. The van der Waals surface area contributed by atoms with E-state index in [4.69, 9.17) is 16.7 Å². The minimum Gasteiger partial charge on any atom is -0.481 e. The van der Waals surface area contributed by atoms with Crippen molar-refractivity contribution in [2.45, 2.75) is 25.2 Å². The Bertz CT molecular complexity index is 438. The molecule has 0 unspecified atom stereocenters. The normalized spacial score (nSPS) is 17.5. The van der Waals surface area contributed by atoms with Crippen LogP contribution in [0.2, 0.25) is 5.02 Å². The molecule has 0 radical (unpaired) electrons. The summed E-state index contributed by atoms with van der Waals surface area (Å²) < 4.78 is 13.2. The molecular weight excluding hydrogens is 219 g/mol. The van der Waals surface area contributed by atoms with Crippen LogP contribution < -0.4 is 0 Å². The number of carbonyl (C=O) groups is 1. The van der Waals surface area contributed by atoms with Gasteiger partial charge in [0.05, 0.1) is 5.41 Å². The molecule has 1 aromatic rings. The zero-order valence-electron chi connectivity index (χ0n) is 8.18. The fourth-order valence-corrected chi connectivity index (χ4v) is 2.07. The number of hydrogen-bond donors (Lipinski definition) is 1. The maximum Gasteiger partial charge on any atom is 0.314 e. The van der Waals surface area contributed by atoms with Gasteiger partial charge in [0.2, 0.25) is 0 Å². The van der Waals surface area contributed by atoms with Crippen LogP contribution >= 0.6 is 11.6 Å². The van der Waals surface area contributed by atoms with Gasteiger partial charge in [-0.2, -0.15) is 0 Å². The molecule has 2 rings (SSSR count). The van der Waals surface area contributed by atoms with E-state index >= 15 is 0 Å². The molecule has 4 heteroatoms. The van der Waals surface area contributed by atoms with E-state index in [1.165, 1.54) is 12.1 Å². The summed E-state index contributed by atoms with van der Waals surface area (Å²) in [5, 5.41) is 9.39. The summed E-state index contributed by atoms with van der Waals surface area (Å²) in [5.41, 5.74) is 0.286. The number of carboxylic acids is 1. The van der Waals surface area contributed by atoms with Crippen molar-refractivity contribution in [2.75, 3.05) is 0 Å². The molecule has 0 heterocycles. The zero-order chi connectivity index (χ0) is 11.2. The molecule has 0 spiro atoms. The van der Waals surface area contributed by atoms with E-state index in [1.807, 2.05) is 0 Å². The van der Waals surface area contributed by atoms with Crippen LogP contribution in [0, 0.1) is 12.7 Å². The minimum atomic E-state index is -0.896. The van der Waals surface area contributed by atoms with E-state index in [2.05, 4.69) is 0 Å². The van der Waals surface area contributed by atoms with Gasteiger partial charge < -0.3 is 5.11 Å². The van der Waals surface area contributed by atoms with Gasteiger partial charge in [-0.25, -0.2) is 4.39 Å². The van der Waals surface area contributed by atoms with E-state index in [1.54, 1.807) is 6.92 Å². The van der Waals surface area contributed by atoms with Crippen molar-refractivity contribution in [3.05, 3.63) is 34.1 Å². The molecule has 2 nitrogen and oxygen atoms in total. The van der Waals surface area contributed by atoms with Crippen LogP contribution in [0.3, 0.4) is 0 Å². The third kappa shape index (κ3) is 1.51. The third-order valence-electron chi connectivity index (χ3n) is 2.98. The molecule has 80 valence electrons. The number of carboxylic acid groups (broad SMARTS) is 1. The topological polar surface area (TPSA) is 37.3 Å². The lowest BCUT2D eigenvalue weighted by Gasteiger charge is -2.14. The second-order valence-corrected chi connectivity index (χ2v) is 4.35. The van der Waals surface area contributed by atoms with Gasteiger partial charge in [-0.05, 0) is 43.0 Å². The van der Waals surface area contributed by atoms with Gasteiger partial charge in [-0.15, -0.1) is 0 Å². The predicted octanol–water partition coefficient (Wildman–Crippen LogP) is 2.90. The first-order valence-electron chi connectivity index (χ1n) is 4.67. The maximum absolute atomic E-state index is 13.2. The fraction of sp³-hybridized carbons (Fsp3) is 0.364. The number of hydrogen-bond acceptors (Lipinski definition) is 1. The molecule has 1 aliphatic carbocycles. The largest absolute Gasteiger partial charge is 0.481 e. The average molecular weight is 229 g/mol. The van der Waals surface area contributed by atoms with Gasteiger partial charge >= 0.3 is 5.97 Å². The predicted molar refractivity (Wildman–Crippen MR) is 54.7 cm³/mol. The molecule has 1 saturated carbocycles. The molecule has 0 aromatic heterocycles. The Labute approximate surface area is 91.7 Å². The van der Waals surface area contributed by atoms with Crippen LogP contribution in [0.5, 0.6) is 0 Å². The number of aliphatic carboxylic acids is 1. The lowest BCUT2D eigenvalue weighted by molar-refractivity contribution is -0.140. The summed E-state index contributed by atoms with van der Waals surface area (Å²) >= 11 is 5.82. The summed E-state index contributed by atoms with van der Waals surface area (Å²) in [6.45, 7) is 1.72. The van der Waals surface area contributed by atoms with Gasteiger partial charge in [0.1, 0.15) is 5.82 Å². The monoisotopic (exact) mass is 228 g/mol. The Morgan fingerprint density at radius 2 is 2.13 bits per heavy atom. The Balaban J connectivity index is 2.58. The van der Waals surface area contributed by atoms with Crippen molar-refractivity contribution < 1.29 is 14.3 Å². The van der Waals surface area contributed by atoms with Crippen LogP contribution in [-0.4, -0.2) is 11.1 Å². The molecule has 1 aliphatic rings. The summed E-state index contributed by atoms with van der Waals surface area (Å²) in [7, 11) is 0. The Morgan fingerprint density at radius 1 is 1.53 bits per heavy atom. The molecule has 1 fully saturated rings. The third-order valence-corrected chi connectivity index (χ3v) is 3.38. The van der Waals surface area contributed by atoms with Crippen molar-refractivity contribution in [3.63, 3.8) is 0 Å². The Kier molecular flexibility index (Phi) is 2.23. The molecule has 1 aromatic carbocycles. The molecule has 15 heavy (non-hydrogen) atoms. The van der Waals surface area contributed by atoms with Crippen LogP contribution in [-0.2, 0) is 10.2 Å². The molecule has 0 bridgehead atoms. The number of halogens is 2. The lowest BCUT2D eigenvalue weighted by Crippen LogP contribution is -2.21. The highest BCUT2D eigenvalue weighted by atomic mass is 35.5. The smallest absolute Gasteiger partial charge is 0.314 e. The maximum atomic E-state index is 13.2. The van der Waals surface area contributed by atoms with Crippen molar-refractivity contribution in [1.82, 2.24) is 0 Å². The molecule has 0 saturated heterocycles. The van der Waals surface area contributed by atoms with E-state index in [9.17, 15) is 9.18 Å². The molecule has 0 atom stereocenters. The van der Waals surface area contributed by atoms with Gasteiger partial charge in [0.15, 0.2) is 0 Å². The molecule has 0 aliphatic heterocycles. The fourth-order valence-electron chi connectivity index (χ4n) is 1.87. The second kappa shape index (κ2) is 3.20. The summed E-state index contributed by atoms with van der Waals surface area (Å²) in [5.74, 6) is -1.37. The highest BCUT2D eigenvalue weighted by molar-refractivity contribution is 6.31. The van der Waals surface area contributed by atoms with Gasteiger partial charge in [0, 0.05) is 5.02 Å². The van der Waals surface area contributed by atoms with E-state index in [-0.39, 0.29) is 5.02 Å². The first-order chi connectivity index (χ1) is 6.97. The Morgan fingerprint density at radius 3 is 2.60 bits per heavy atom. The first-order valence-corrected chi connectivity index (χ1v) is 5.05. The highest BCUT2D eigenvalue weighted by Gasteiger charge is 2.52. The molecule has 1 N–H and O–H groups in total. The minimum absolute atomic E-state index is 0.289. The molecule has 0 amide bonds. The second-order valence-electron chi connectivity index (χ2n) is 3.95. The van der Waals surface area contributed by atoms with Crippen LogP contribution in [0.4, 0.5) is 4.39 Å². The summed E-state index contributed by atoms with van der Waals surface area (Å²) in [6.07, 6.45) is 1.12. The van der Waals surface area contributed by atoms with E-state index < -0.39 is 17.2 Å². The van der Waals surface area contributed by atoms with Crippen molar-refractivity contribution in [1.29, 1.82) is 0 Å². The summed E-state index contributed by atoms with van der Waals surface area (Å²) in [6, 6.07) is 2.49. The standard InChI is InChI=1S/C11H10ClFO2/c1-6-8(4-7(13)5-9(6)12)11(2-3-11)10(14)15/h4-5H,2-3H2,1H3,(H,14,15). The lowest BCUT2D eigenvalue weighted by atomic mass is 9.92. The van der Waals surface area contributed by atoms with Crippen molar-refractivity contribution in [2.24, 2.45) is 0 Å². The first kappa shape index (κ1) is 10.4. The van der Waals surface area contributed by atoms with E-state index in [0.29, 0.717) is 24.0 Å². The van der Waals surface area contributed by atoms with Crippen LogP contribution in [0.1, 0.15) is 24.0 Å². The van der Waals surface area contributed by atoms with Crippen LogP contribution in [0.15, 0.2) is 12.1 Å². The Hall–Kier alpha value is -1.09. The van der Waals surface area contributed by atoms with Gasteiger partial charge in [-0.1, -0.05) is 11.6 Å². The van der Waals surface area contributed by atoms with E-state index in [0.717, 1.165) is 0 Å². The quantitative estimate of drug-likeness (QED) is 0.845. The van der Waals surface area contributed by atoms with Crippen molar-refractivity contribution in [3.8, 4) is 0 Å². The SMILES string of the molecule is Cc1c(Cl)cc(F)cc1C1(C(=O)O)CC1.